The van der Waals surface area contributed by atoms with Crippen molar-refractivity contribution in [3.8, 4) is 6.07 Å². The standard InChI is InChI=1S/C21H24F3N5O/c1-20(2)9-15(7-8-17(20)30)28-18-14(10-25)12-27-19(29-18)26-11-13-5-3-4-6-16(13)21(22,23)24/h3-6,12,15,17,30H,7-9,11H2,1-2H3,(H2,26,27,28,29)/t15-,17+/m1/s1. The van der Waals surface area contributed by atoms with Crippen molar-refractivity contribution in [2.24, 2.45) is 5.41 Å². The lowest BCUT2D eigenvalue weighted by Gasteiger charge is -2.40. The van der Waals surface area contributed by atoms with Gasteiger partial charge in [-0.15, -0.1) is 0 Å². The molecule has 0 bridgehead atoms. The highest BCUT2D eigenvalue weighted by molar-refractivity contribution is 5.54. The Bertz CT molecular complexity index is 939. The van der Waals surface area contributed by atoms with Gasteiger partial charge in [0.1, 0.15) is 17.5 Å². The van der Waals surface area contributed by atoms with Gasteiger partial charge in [0.25, 0.3) is 0 Å². The quantitative estimate of drug-likeness (QED) is 0.668. The summed E-state index contributed by atoms with van der Waals surface area (Å²) in [4.78, 5) is 8.36. The number of hydrogen-bond acceptors (Lipinski definition) is 6. The fourth-order valence-corrected chi connectivity index (χ4v) is 3.72. The van der Waals surface area contributed by atoms with Gasteiger partial charge in [-0.3, -0.25) is 0 Å². The van der Waals surface area contributed by atoms with Crippen molar-refractivity contribution in [3.63, 3.8) is 0 Å². The lowest BCUT2D eigenvalue weighted by Crippen LogP contribution is -2.41. The number of nitriles is 1. The number of benzene rings is 1. The van der Waals surface area contributed by atoms with Crippen molar-refractivity contribution < 1.29 is 18.3 Å². The van der Waals surface area contributed by atoms with E-state index in [9.17, 15) is 23.5 Å². The molecule has 3 N–H and O–H groups in total. The Morgan fingerprint density at radius 1 is 1.27 bits per heavy atom. The number of aliphatic hydroxyl groups excluding tert-OH is 1. The number of hydrogen-bond donors (Lipinski definition) is 3. The van der Waals surface area contributed by atoms with Gasteiger partial charge >= 0.3 is 6.18 Å². The van der Waals surface area contributed by atoms with Crippen molar-refractivity contribution in [1.29, 1.82) is 5.26 Å². The van der Waals surface area contributed by atoms with E-state index in [1.165, 1.54) is 24.4 Å². The molecule has 0 amide bonds. The van der Waals surface area contributed by atoms with Crippen LogP contribution in [0.15, 0.2) is 30.5 Å². The molecule has 0 unspecified atom stereocenters. The monoisotopic (exact) mass is 419 g/mol. The number of rotatable bonds is 5. The molecule has 6 nitrogen and oxygen atoms in total. The average molecular weight is 419 g/mol. The summed E-state index contributed by atoms with van der Waals surface area (Å²) >= 11 is 0. The minimum Gasteiger partial charge on any atom is -0.393 e. The first-order valence-corrected chi connectivity index (χ1v) is 9.71. The van der Waals surface area contributed by atoms with Crippen LogP contribution in [0.2, 0.25) is 0 Å². The van der Waals surface area contributed by atoms with Crippen LogP contribution in [0.4, 0.5) is 24.9 Å². The van der Waals surface area contributed by atoms with Gasteiger partial charge in [0.2, 0.25) is 5.95 Å². The number of alkyl halides is 3. The highest BCUT2D eigenvalue weighted by Crippen LogP contribution is 2.37. The van der Waals surface area contributed by atoms with E-state index >= 15 is 0 Å². The number of halogens is 3. The molecular formula is C21H24F3N5O. The fraction of sp³-hybridized carbons (Fsp3) is 0.476. The predicted octanol–water partition coefficient (Wildman–Crippen LogP) is 4.33. The molecule has 1 saturated carbocycles. The SMILES string of the molecule is CC1(C)C[C@H](Nc2nc(NCc3ccccc3C(F)(F)F)ncc2C#N)CC[C@@H]1O. The van der Waals surface area contributed by atoms with Crippen molar-refractivity contribution in [2.45, 2.75) is 58.0 Å². The van der Waals surface area contributed by atoms with Crippen LogP contribution < -0.4 is 10.6 Å². The van der Waals surface area contributed by atoms with Crippen LogP contribution in [0.5, 0.6) is 0 Å². The maximum absolute atomic E-state index is 13.2. The molecule has 1 aliphatic rings. The molecule has 0 spiro atoms. The van der Waals surface area contributed by atoms with E-state index < -0.39 is 11.7 Å². The number of anilines is 2. The lowest BCUT2D eigenvalue weighted by molar-refractivity contribution is -0.138. The zero-order valence-corrected chi connectivity index (χ0v) is 16.8. The molecule has 160 valence electrons. The molecule has 1 aromatic heterocycles. The first-order valence-electron chi connectivity index (χ1n) is 9.71. The Hall–Kier alpha value is -2.86. The van der Waals surface area contributed by atoms with Crippen molar-refractivity contribution in [3.05, 3.63) is 47.2 Å². The van der Waals surface area contributed by atoms with Crippen LogP contribution in [0, 0.1) is 16.7 Å². The van der Waals surface area contributed by atoms with E-state index in [4.69, 9.17) is 0 Å². The molecule has 2 aromatic rings. The van der Waals surface area contributed by atoms with Gasteiger partial charge in [-0.2, -0.15) is 23.4 Å². The molecular weight excluding hydrogens is 395 g/mol. The van der Waals surface area contributed by atoms with Crippen molar-refractivity contribution >= 4 is 11.8 Å². The van der Waals surface area contributed by atoms with E-state index in [0.29, 0.717) is 18.7 Å². The summed E-state index contributed by atoms with van der Waals surface area (Å²) in [6, 6.07) is 7.36. The molecule has 2 atom stereocenters. The van der Waals surface area contributed by atoms with E-state index in [2.05, 4.69) is 20.6 Å². The Kier molecular flexibility index (Phi) is 6.17. The summed E-state index contributed by atoms with van der Waals surface area (Å²) in [7, 11) is 0. The minimum absolute atomic E-state index is 0.0178. The van der Waals surface area contributed by atoms with Crippen LogP contribution in [0.3, 0.4) is 0 Å². The topological polar surface area (TPSA) is 93.9 Å². The summed E-state index contributed by atoms with van der Waals surface area (Å²) in [6.45, 7) is 3.87. The van der Waals surface area contributed by atoms with E-state index in [-0.39, 0.29) is 41.2 Å². The highest BCUT2D eigenvalue weighted by atomic mass is 19.4. The van der Waals surface area contributed by atoms with Crippen LogP contribution >= 0.6 is 0 Å². The Labute approximate surface area is 173 Å². The molecule has 0 radical (unpaired) electrons. The molecule has 9 heteroatoms. The predicted molar refractivity (Wildman–Crippen MR) is 107 cm³/mol. The second-order valence-electron chi connectivity index (χ2n) is 8.20. The van der Waals surface area contributed by atoms with Crippen LogP contribution in [0.1, 0.15) is 49.8 Å². The molecule has 1 aliphatic carbocycles. The second-order valence-corrected chi connectivity index (χ2v) is 8.20. The number of nitrogens with zero attached hydrogens (tertiary/aromatic N) is 3. The van der Waals surface area contributed by atoms with Crippen molar-refractivity contribution in [1.82, 2.24) is 9.97 Å². The number of nitrogens with one attached hydrogen (secondary N) is 2. The molecule has 1 fully saturated rings. The maximum atomic E-state index is 13.2. The third-order valence-corrected chi connectivity index (χ3v) is 5.47. The Morgan fingerprint density at radius 2 is 2.00 bits per heavy atom. The van der Waals surface area contributed by atoms with Crippen LogP contribution in [-0.4, -0.2) is 27.2 Å². The van der Waals surface area contributed by atoms with Gasteiger partial charge in [0.05, 0.1) is 17.9 Å². The smallest absolute Gasteiger partial charge is 0.393 e. The van der Waals surface area contributed by atoms with E-state index in [1.54, 1.807) is 0 Å². The van der Waals surface area contributed by atoms with E-state index in [0.717, 1.165) is 12.5 Å². The third-order valence-electron chi connectivity index (χ3n) is 5.47. The first kappa shape index (κ1) is 21.8. The van der Waals surface area contributed by atoms with Gasteiger partial charge in [-0.1, -0.05) is 32.0 Å². The molecule has 0 aliphatic heterocycles. The molecule has 1 heterocycles. The maximum Gasteiger partial charge on any atom is 0.416 e. The molecule has 1 aromatic carbocycles. The Balaban J connectivity index is 1.75. The molecule has 0 saturated heterocycles. The summed E-state index contributed by atoms with van der Waals surface area (Å²) in [5.41, 5.74) is -0.652. The van der Waals surface area contributed by atoms with Gasteiger partial charge < -0.3 is 15.7 Å². The number of aliphatic hydroxyl groups is 1. The van der Waals surface area contributed by atoms with Gasteiger partial charge in [0, 0.05) is 12.6 Å². The highest BCUT2D eigenvalue weighted by Gasteiger charge is 2.36. The van der Waals surface area contributed by atoms with E-state index in [1.807, 2.05) is 19.9 Å². The average Bonchev–Trinajstić information content (AvgIpc) is 2.68. The molecule has 3 rings (SSSR count). The number of aromatic nitrogens is 2. The lowest BCUT2D eigenvalue weighted by atomic mass is 9.73. The molecule has 30 heavy (non-hydrogen) atoms. The zero-order valence-electron chi connectivity index (χ0n) is 16.8. The third kappa shape index (κ3) is 5.00. The fourth-order valence-electron chi connectivity index (χ4n) is 3.72. The van der Waals surface area contributed by atoms with Crippen LogP contribution in [0.25, 0.3) is 0 Å². The minimum atomic E-state index is -4.45. The summed E-state index contributed by atoms with van der Waals surface area (Å²) in [5, 5.41) is 25.5. The largest absolute Gasteiger partial charge is 0.416 e. The Morgan fingerprint density at radius 3 is 2.67 bits per heavy atom. The van der Waals surface area contributed by atoms with Gasteiger partial charge in [0.15, 0.2) is 0 Å². The first-order chi connectivity index (χ1) is 14.1. The van der Waals surface area contributed by atoms with Crippen molar-refractivity contribution in [2.75, 3.05) is 10.6 Å². The zero-order chi connectivity index (χ0) is 21.9. The summed E-state index contributed by atoms with van der Waals surface area (Å²) < 4.78 is 39.5. The van der Waals surface area contributed by atoms with Crippen LogP contribution in [-0.2, 0) is 12.7 Å². The van der Waals surface area contributed by atoms with Gasteiger partial charge in [-0.25, -0.2) is 4.98 Å². The summed E-state index contributed by atoms with van der Waals surface area (Å²) in [6.07, 6.45) is -1.43. The summed E-state index contributed by atoms with van der Waals surface area (Å²) in [5.74, 6) is 0.458. The van der Waals surface area contributed by atoms with Gasteiger partial charge in [-0.05, 0) is 36.3 Å². The normalized spacial score (nSPS) is 21.0. The second kappa shape index (κ2) is 8.48.